The number of hydrogen-bond donors (Lipinski definition) is 4. The zero-order chi connectivity index (χ0) is 23.1. The van der Waals surface area contributed by atoms with Gasteiger partial charge in [0.15, 0.2) is 5.78 Å². The van der Waals surface area contributed by atoms with Crippen LogP contribution in [-0.2, 0) is 11.2 Å². The number of carboxylic acid groups (broad SMARTS) is 1. The van der Waals surface area contributed by atoms with Crippen LogP contribution in [0.1, 0.15) is 42.6 Å². The number of aryl methyl sites for hydroxylation is 1. The molecule has 0 bridgehead atoms. The number of Topliss-reactive ketones (excluding diaryl/α,β-unsaturated/α-hetero) is 1. The van der Waals surface area contributed by atoms with Crippen molar-refractivity contribution in [3.8, 4) is 0 Å². The number of aromatic amines is 1. The van der Waals surface area contributed by atoms with Crippen LogP contribution in [-0.4, -0.2) is 40.0 Å². The summed E-state index contributed by atoms with van der Waals surface area (Å²) in [5.74, 6) is -0.585. The topological polar surface area (TPSA) is 111 Å². The fourth-order valence-electron chi connectivity index (χ4n) is 3.76. The molecule has 7 heteroatoms. The molecule has 0 spiro atoms. The van der Waals surface area contributed by atoms with Gasteiger partial charge >= 0.3 is 6.09 Å². The van der Waals surface area contributed by atoms with Gasteiger partial charge in [-0.2, -0.15) is 0 Å². The highest BCUT2D eigenvalue weighted by molar-refractivity contribution is 6.04. The van der Waals surface area contributed by atoms with Crippen molar-refractivity contribution in [2.75, 3.05) is 0 Å². The van der Waals surface area contributed by atoms with Gasteiger partial charge < -0.3 is 20.7 Å². The Morgan fingerprint density at radius 1 is 0.969 bits per heavy atom. The fraction of sp³-hybridized carbons (Fsp3) is 0.320. The number of carbonyl (C=O) groups excluding carboxylic acids is 2. The normalized spacial score (nSPS) is 13.0. The number of amides is 2. The van der Waals surface area contributed by atoms with Crippen LogP contribution in [0.4, 0.5) is 4.79 Å². The number of rotatable bonds is 10. The van der Waals surface area contributed by atoms with E-state index in [2.05, 4.69) is 15.6 Å². The van der Waals surface area contributed by atoms with Crippen molar-refractivity contribution in [1.82, 2.24) is 15.6 Å². The van der Waals surface area contributed by atoms with E-state index in [1.807, 2.05) is 62.5 Å². The molecule has 1 aromatic heterocycles. The van der Waals surface area contributed by atoms with E-state index >= 15 is 0 Å². The largest absolute Gasteiger partial charge is 0.465 e. The van der Waals surface area contributed by atoms with Gasteiger partial charge in [-0.1, -0.05) is 44.2 Å². The Labute approximate surface area is 187 Å². The molecule has 0 aliphatic heterocycles. The number of aromatic nitrogens is 1. The maximum atomic E-state index is 13.4. The molecule has 2 unspecified atom stereocenters. The third kappa shape index (κ3) is 6.20. The highest BCUT2D eigenvalue weighted by atomic mass is 16.4. The second-order valence-electron chi connectivity index (χ2n) is 8.36. The minimum Gasteiger partial charge on any atom is -0.465 e. The van der Waals surface area contributed by atoms with Crippen LogP contribution in [0.25, 0.3) is 10.9 Å². The standard InChI is InChI=1S/C25H29N3O4/c1-16(2)14-22(28-25(31)32)24(30)27-21(10-8-17-6-4-3-5-7-17)23(29)19-9-11-20-18(15-19)12-13-26-20/h3-7,9,11-13,15-16,21-22,26,28H,8,10,14H2,1-2H3,(H,27,30)(H,31,32). The molecule has 3 rings (SSSR count). The molecule has 1 heterocycles. The SMILES string of the molecule is CC(C)CC(NC(=O)O)C(=O)NC(CCc1ccccc1)C(=O)c1ccc2[nH]ccc2c1. The lowest BCUT2D eigenvalue weighted by atomic mass is 9.96. The molecule has 168 valence electrons. The smallest absolute Gasteiger partial charge is 0.405 e. The third-order valence-corrected chi connectivity index (χ3v) is 5.36. The number of benzene rings is 2. The third-order valence-electron chi connectivity index (χ3n) is 5.36. The molecule has 7 nitrogen and oxygen atoms in total. The van der Waals surface area contributed by atoms with E-state index in [9.17, 15) is 14.4 Å². The molecule has 0 aliphatic carbocycles. The summed E-state index contributed by atoms with van der Waals surface area (Å²) in [6.07, 6.45) is 1.89. The molecule has 0 radical (unpaired) electrons. The summed E-state index contributed by atoms with van der Waals surface area (Å²) >= 11 is 0. The molecular weight excluding hydrogens is 406 g/mol. The van der Waals surface area contributed by atoms with Crippen LogP contribution in [0.15, 0.2) is 60.8 Å². The summed E-state index contributed by atoms with van der Waals surface area (Å²) in [4.78, 5) is 40.6. The van der Waals surface area contributed by atoms with E-state index in [1.165, 1.54) is 0 Å². The highest BCUT2D eigenvalue weighted by Crippen LogP contribution is 2.18. The first-order chi connectivity index (χ1) is 15.3. The molecule has 0 aliphatic rings. The lowest BCUT2D eigenvalue weighted by Gasteiger charge is -2.23. The van der Waals surface area contributed by atoms with Crippen molar-refractivity contribution in [1.29, 1.82) is 0 Å². The average Bonchev–Trinajstić information content (AvgIpc) is 3.23. The molecule has 4 N–H and O–H groups in total. The van der Waals surface area contributed by atoms with Gasteiger partial charge in [0.1, 0.15) is 6.04 Å². The van der Waals surface area contributed by atoms with Crippen LogP contribution in [0, 0.1) is 5.92 Å². The summed E-state index contributed by atoms with van der Waals surface area (Å²) < 4.78 is 0. The quantitative estimate of drug-likeness (QED) is 0.359. The van der Waals surface area contributed by atoms with Gasteiger partial charge in [-0.05, 0) is 55.0 Å². The monoisotopic (exact) mass is 435 g/mol. The molecule has 0 saturated heterocycles. The molecular formula is C25H29N3O4. The van der Waals surface area contributed by atoms with E-state index in [0.29, 0.717) is 24.8 Å². The van der Waals surface area contributed by atoms with Crippen LogP contribution in [0.2, 0.25) is 0 Å². The zero-order valence-corrected chi connectivity index (χ0v) is 18.3. The van der Waals surface area contributed by atoms with Gasteiger partial charge in [0.05, 0.1) is 6.04 Å². The Bertz CT molecular complexity index is 1070. The number of ketones is 1. The lowest BCUT2D eigenvalue weighted by molar-refractivity contribution is -0.123. The number of carbonyl (C=O) groups is 3. The summed E-state index contributed by atoms with van der Waals surface area (Å²) in [5.41, 5.74) is 2.49. The van der Waals surface area contributed by atoms with E-state index < -0.39 is 24.1 Å². The molecule has 32 heavy (non-hydrogen) atoms. The van der Waals surface area contributed by atoms with Crippen molar-refractivity contribution in [3.05, 3.63) is 71.9 Å². The van der Waals surface area contributed by atoms with Crippen molar-refractivity contribution in [2.24, 2.45) is 5.92 Å². The summed E-state index contributed by atoms with van der Waals surface area (Å²) in [6, 6.07) is 15.3. The molecule has 3 aromatic rings. The van der Waals surface area contributed by atoms with Crippen molar-refractivity contribution >= 4 is 28.7 Å². The second kappa shape index (κ2) is 10.6. The Morgan fingerprint density at radius 3 is 2.41 bits per heavy atom. The predicted molar refractivity (Wildman–Crippen MR) is 124 cm³/mol. The van der Waals surface area contributed by atoms with Crippen molar-refractivity contribution in [3.63, 3.8) is 0 Å². The minimum absolute atomic E-state index is 0.104. The Hall–Kier alpha value is -3.61. The molecule has 2 aromatic carbocycles. The first-order valence-electron chi connectivity index (χ1n) is 10.8. The van der Waals surface area contributed by atoms with Crippen LogP contribution in [0.5, 0.6) is 0 Å². The van der Waals surface area contributed by atoms with Gasteiger partial charge in [0, 0.05) is 22.7 Å². The van der Waals surface area contributed by atoms with E-state index in [-0.39, 0.29) is 11.7 Å². The highest BCUT2D eigenvalue weighted by Gasteiger charge is 2.28. The van der Waals surface area contributed by atoms with Crippen molar-refractivity contribution in [2.45, 2.75) is 45.2 Å². The number of H-pyrrole nitrogens is 1. The molecule has 0 saturated carbocycles. The molecule has 0 fully saturated rings. The number of fused-ring (bicyclic) bond motifs is 1. The first-order valence-corrected chi connectivity index (χ1v) is 10.8. The summed E-state index contributed by atoms with van der Waals surface area (Å²) in [7, 11) is 0. The van der Waals surface area contributed by atoms with Crippen LogP contribution < -0.4 is 10.6 Å². The van der Waals surface area contributed by atoms with Gasteiger partial charge in [0.25, 0.3) is 0 Å². The zero-order valence-electron chi connectivity index (χ0n) is 18.3. The van der Waals surface area contributed by atoms with Gasteiger partial charge in [-0.25, -0.2) is 4.79 Å². The Morgan fingerprint density at radius 2 is 1.72 bits per heavy atom. The van der Waals surface area contributed by atoms with Gasteiger partial charge in [-0.3, -0.25) is 9.59 Å². The van der Waals surface area contributed by atoms with Crippen molar-refractivity contribution < 1.29 is 19.5 Å². The maximum absolute atomic E-state index is 13.4. The first kappa shape index (κ1) is 23.1. The summed E-state index contributed by atoms with van der Waals surface area (Å²) in [6.45, 7) is 3.82. The predicted octanol–water partition coefficient (Wildman–Crippen LogP) is 4.15. The van der Waals surface area contributed by atoms with Crippen LogP contribution in [0.3, 0.4) is 0 Å². The van der Waals surface area contributed by atoms with Crippen LogP contribution >= 0.6 is 0 Å². The Kier molecular flexibility index (Phi) is 7.65. The van der Waals surface area contributed by atoms with E-state index in [0.717, 1.165) is 16.5 Å². The fourth-order valence-corrected chi connectivity index (χ4v) is 3.76. The Balaban J connectivity index is 1.82. The van der Waals surface area contributed by atoms with Gasteiger partial charge in [-0.15, -0.1) is 0 Å². The van der Waals surface area contributed by atoms with E-state index in [1.54, 1.807) is 12.1 Å². The average molecular weight is 436 g/mol. The summed E-state index contributed by atoms with van der Waals surface area (Å²) in [5, 5.41) is 15.1. The number of hydrogen-bond acceptors (Lipinski definition) is 3. The lowest BCUT2D eigenvalue weighted by Crippen LogP contribution is -2.52. The van der Waals surface area contributed by atoms with E-state index in [4.69, 9.17) is 5.11 Å². The molecule has 2 atom stereocenters. The maximum Gasteiger partial charge on any atom is 0.405 e. The van der Waals surface area contributed by atoms with Gasteiger partial charge in [0.2, 0.25) is 5.91 Å². The minimum atomic E-state index is -1.27. The number of nitrogens with one attached hydrogen (secondary N) is 3. The second-order valence-corrected chi connectivity index (χ2v) is 8.36. The molecule has 2 amide bonds.